The number of aryl methyl sites for hydroxylation is 1. The normalized spacial score (nSPS) is 18.7. The number of fused-ring (bicyclic) bond motifs is 2. The molecular formula is C19H19ClN6O2S. The number of aromatic nitrogens is 4. The molecule has 2 aliphatic rings. The fourth-order valence-corrected chi connectivity index (χ4v) is 5.45. The fourth-order valence-electron chi connectivity index (χ4n) is 3.91. The van der Waals surface area contributed by atoms with Gasteiger partial charge in [0.05, 0.1) is 22.7 Å². The van der Waals surface area contributed by atoms with Crippen molar-refractivity contribution >= 4 is 44.0 Å². The minimum atomic E-state index is -3.03. The maximum Gasteiger partial charge on any atom is 0.154 e. The Labute approximate surface area is 173 Å². The van der Waals surface area contributed by atoms with Gasteiger partial charge in [0, 0.05) is 43.0 Å². The Bertz CT molecular complexity index is 1190. The predicted octanol–water partition coefficient (Wildman–Crippen LogP) is 1.87. The molecule has 29 heavy (non-hydrogen) atoms. The van der Waals surface area contributed by atoms with E-state index >= 15 is 0 Å². The SMILES string of the molecule is O=S1(=O)CCc2nnc(N3CCN(c4ncnc5ccc(Cl)cc45)CC3)cc2C1. The molecule has 8 nitrogen and oxygen atoms in total. The van der Waals surface area contributed by atoms with E-state index < -0.39 is 9.84 Å². The van der Waals surface area contributed by atoms with Crippen LogP contribution >= 0.6 is 11.6 Å². The van der Waals surface area contributed by atoms with Gasteiger partial charge in [0.25, 0.3) is 0 Å². The Balaban J connectivity index is 1.36. The van der Waals surface area contributed by atoms with Gasteiger partial charge >= 0.3 is 0 Å². The molecule has 0 bridgehead atoms. The molecule has 150 valence electrons. The van der Waals surface area contributed by atoms with Crippen molar-refractivity contribution < 1.29 is 8.42 Å². The first-order chi connectivity index (χ1) is 14.0. The second-order valence-corrected chi connectivity index (χ2v) is 9.97. The van der Waals surface area contributed by atoms with E-state index in [0.717, 1.165) is 60.0 Å². The van der Waals surface area contributed by atoms with Gasteiger partial charge in [-0.05, 0) is 29.8 Å². The largest absolute Gasteiger partial charge is 0.352 e. The lowest BCUT2D eigenvalue weighted by molar-refractivity contribution is 0.589. The molecule has 10 heteroatoms. The lowest BCUT2D eigenvalue weighted by Crippen LogP contribution is -2.47. The number of hydrogen-bond donors (Lipinski definition) is 0. The summed E-state index contributed by atoms with van der Waals surface area (Å²) in [5.41, 5.74) is 2.44. The Morgan fingerprint density at radius 1 is 0.966 bits per heavy atom. The van der Waals surface area contributed by atoms with Crippen molar-refractivity contribution in [3.63, 3.8) is 0 Å². The number of anilines is 2. The van der Waals surface area contributed by atoms with Crippen LogP contribution in [0.1, 0.15) is 11.3 Å². The molecule has 4 heterocycles. The topological polar surface area (TPSA) is 92.2 Å². The van der Waals surface area contributed by atoms with Gasteiger partial charge in [0.2, 0.25) is 0 Å². The summed E-state index contributed by atoms with van der Waals surface area (Å²) in [7, 11) is -3.03. The molecule has 5 rings (SSSR count). The smallest absolute Gasteiger partial charge is 0.154 e. The summed E-state index contributed by atoms with van der Waals surface area (Å²) < 4.78 is 23.9. The summed E-state index contributed by atoms with van der Waals surface area (Å²) in [6.45, 7) is 3.00. The number of sulfone groups is 1. The van der Waals surface area contributed by atoms with Crippen molar-refractivity contribution in [1.29, 1.82) is 0 Å². The standard InChI is InChI=1S/C19H19ClN6O2S/c20-14-1-2-17-15(10-14)19(22-12-21-17)26-6-4-25(5-7-26)18-9-13-11-29(27,28)8-3-16(13)23-24-18/h1-2,9-10,12H,3-8,11H2. The molecule has 0 unspecified atom stereocenters. The maximum absolute atomic E-state index is 11.9. The Kier molecular flexibility index (Phi) is 4.51. The maximum atomic E-state index is 11.9. The molecular weight excluding hydrogens is 412 g/mol. The van der Waals surface area contributed by atoms with E-state index in [0.29, 0.717) is 11.4 Å². The van der Waals surface area contributed by atoms with Crippen LogP contribution in [0.25, 0.3) is 10.9 Å². The molecule has 0 N–H and O–H groups in total. The third-order valence-electron chi connectivity index (χ3n) is 5.45. The quantitative estimate of drug-likeness (QED) is 0.608. The monoisotopic (exact) mass is 430 g/mol. The molecule has 0 radical (unpaired) electrons. The predicted molar refractivity (Wildman–Crippen MR) is 112 cm³/mol. The molecule has 1 fully saturated rings. The van der Waals surface area contributed by atoms with Crippen LogP contribution < -0.4 is 9.80 Å². The van der Waals surface area contributed by atoms with Crippen LogP contribution in [0.4, 0.5) is 11.6 Å². The number of halogens is 1. The first kappa shape index (κ1) is 18.5. The average Bonchev–Trinajstić information content (AvgIpc) is 2.72. The number of rotatable bonds is 2. The van der Waals surface area contributed by atoms with Crippen LogP contribution in [0.15, 0.2) is 30.6 Å². The van der Waals surface area contributed by atoms with E-state index in [-0.39, 0.29) is 11.5 Å². The average molecular weight is 431 g/mol. The molecule has 0 saturated carbocycles. The summed E-state index contributed by atoms with van der Waals surface area (Å²) >= 11 is 6.17. The number of piperazine rings is 1. The van der Waals surface area contributed by atoms with Gasteiger partial charge in [-0.15, -0.1) is 5.10 Å². The molecule has 2 aliphatic heterocycles. The van der Waals surface area contributed by atoms with Crippen LogP contribution in [-0.4, -0.2) is 60.5 Å². The minimum absolute atomic E-state index is 0.0541. The summed E-state index contributed by atoms with van der Waals surface area (Å²) in [6, 6.07) is 7.51. The number of benzene rings is 1. The highest BCUT2D eigenvalue weighted by atomic mass is 35.5. The first-order valence-corrected chi connectivity index (χ1v) is 11.6. The Hall–Kier alpha value is -2.52. The lowest BCUT2D eigenvalue weighted by atomic mass is 10.1. The third kappa shape index (κ3) is 3.60. The summed E-state index contributed by atoms with van der Waals surface area (Å²) in [5, 5.41) is 10.2. The molecule has 3 aromatic rings. The van der Waals surface area contributed by atoms with E-state index in [1.165, 1.54) is 0 Å². The summed E-state index contributed by atoms with van der Waals surface area (Å²) in [5.74, 6) is 1.82. The van der Waals surface area contributed by atoms with E-state index in [4.69, 9.17) is 11.6 Å². The number of nitrogens with zero attached hydrogens (tertiary/aromatic N) is 6. The highest BCUT2D eigenvalue weighted by Gasteiger charge is 2.26. The Morgan fingerprint density at radius 2 is 1.76 bits per heavy atom. The van der Waals surface area contributed by atoms with Gasteiger partial charge in [-0.3, -0.25) is 0 Å². The van der Waals surface area contributed by atoms with Gasteiger partial charge in [-0.2, -0.15) is 5.10 Å². The summed E-state index contributed by atoms with van der Waals surface area (Å²) in [4.78, 5) is 13.2. The molecule has 0 atom stereocenters. The fraction of sp³-hybridized carbons (Fsp3) is 0.368. The van der Waals surface area contributed by atoms with Crippen LogP contribution in [-0.2, 0) is 22.0 Å². The van der Waals surface area contributed by atoms with Crippen molar-refractivity contribution in [3.8, 4) is 0 Å². The zero-order chi connectivity index (χ0) is 20.0. The van der Waals surface area contributed by atoms with Gasteiger partial charge in [0.15, 0.2) is 15.7 Å². The minimum Gasteiger partial charge on any atom is -0.352 e. The molecule has 2 aromatic heterocycles. The van der Waals surface area contributed by atoms with Crippen molar-refractivity contribution in [1.82, 2.24) is 20.2 Å². The number of hydrogen-bond acceptors (Lipinski definition) is 8. The van der Waals surface area contributed by atoms with E-state index in [2.05, 4.69) is 30.0 Å². The van der Waals surface area contributed by atoms with Crippen LogP contribution in [0.2, 0.25) is 5.02 Å². The van der Waals surface area contributed by atoms with Crippen molar-refractivity contribution in [2.45, 2.75) is 12.2 Å². The first-order valence-electron chi connectivity index (χ1n) is 9.45. The third-order valence-corrected chi connectivity index (χ3v) is 7.26. The van der Waals surface area contributed by atoms with Gasteiger partial charge in [-0.1, -0.05) is 11.6 Å². The van der Waals surface area contributed by atoms with Crippen molar-refractivity contribution in [2.75, 3.05) is 41.7 Å². The van der Waals surface area contributed by atoms with Gasteiger partial charge in [-0.25, -0.2) is 18.4 Å². The van der Waals surface area contributed by atoms with Crippen molar-refractivity contribution in [3.05, 3.63) is 46.9 Å². The Morgan fingerprint density at radius 3 is 2.59 bits per heavy atom. The zero-order valence-corrected chi connectivity index (χ0v) is 17.2. The summed E-state index contributed by atoms with van der Waals surface area (Å²) in [6.07, 6.45) is 2.02. The highest BCUT2D eigenvalue weighted by molar-refractivity contribution is 7.90. The molecule has 0 aliphatic carbocycles. The molecule has 0 amide bonds. The molecule has 0 spiro atoms. The van der Waals surface area contributed by atoms with Crippen molar-refractivity contribution in [2.24, 2.45) is 0 Å². The molecule has 1 saturated heterocycles. The second kappa shape index (κ2) is 7.07. The van der Waals surface area contributed by atoms with Crippen LogP contribution in [0, 0.1) is 0 Å². The molecule has 1 aromatic carbocycles. The second-order valence-electron chi connectivity index (χ2n) is 7.35. The van der Waals surface area contributed by atoms with E-state index in [1.54, 1.807) is 6.33 Å². The van der Waals surface area contributed by atoms with Crippen LogP contribution in [0.5, 0.6) is 0 Å². The van der Waals surface area contributed by atoms with E-state index in [9.17, 15) is 8.42 Å². The van der Waals surface area contributed by atoms with Crippen LogP contribution in [0.3, 0.4) is 0 Å². The highest BCUT2D eigenvalue weighted by Crippen LogP contribution is 2.28. The zero-order valence-electron chi connectivity index (χ0n) is 15.6. The van der Waals surface area contributed by atoms with Gasteiger partial charge in [0.1, 0.15) is 12.1 Å². The van der Waals surface area contributed by atoms with E-state index in [1.807, 2.05) is 24.3 Å². The lowest BCUT2D eigenvalue weighted by Gasteiger charge is -2.36. The van der Waals surface area contributed by atoms with Gasteiger partial charge < -0.3 is 9.80 Å².